The molecule has 2 rings (SSSR count). The van der Waals surface area contributed by atoms with Gasteiger partial charge in [0.25, 0.3) is 0 Å². The molecular formula is C22H29NO3. The first kappa shape index (κ1) is 20.0. The van der Waals surface area contributed by atoms with Crippen LogP contribution in [0.5, 0.6) is 11.5 Å². The van der Waals surface area contributed by atoms with Gasteiger partial charge in [0.15, 0.2) is 0 Å². The van der Waals surface area contributed by atoms with Gasteiger partial charge < -0.3 is 19.5 Å². The number of ether oxygens (including phenoxy) is 3. The van der Waals surface area contributed by atoms with Crippen LogP contribution in [0.3, 0.4) is 0 Å². The summed E-state index contributed by atoms with van der Waals surface area (Å²) in [6.45, 7) is 16.7. The third-order valence-corrected chi connectivity index (χ3v) is 4.11. The van der Waals surface area contributed by atoms with Crippen molar-refractivity contribution in [1.82, 2.24) is 5.32 Å². The second-order valence-corrected chi connectivity index (χ2v) is 6.27. The second kappa shape index (κ2) is 10.6. The normalized spacial score (nSPS) is 15.3. The van der Waals surface area contributed by atoms with E-state index in [0.29, 0.717) is 30.8 Å². The van der Waals surface area contributed by atoms with Crippen LogP contribution in [-0.4, -0.2) is 32.4 Å². The lowest BCUT2D eigenvalue weighted by Crippen LogP contribution is -2.33. The van der Waals surface area contributed by atoms with E-state index in [2.05, 4.69) is 25.1 Å². The highest BCUT2D eigenvalue weighted by Crippen LogP contribution is 2.25. The summed E-state index contributed by atoms with van der Waals surface area (Å²) in [6.07, 6.45) is 5.91. The molecule has 1 aliphatic rings. The molecule has 0 atom stereocenters. The van der Waals surface area contributed by atoms with Gasteiger partial charge >= 0.3 is 0 Å². The number of benzene rings is 1. The molecule has 140 valence electrons. The second-order valence-electron chi connectivity index (χ2n) is 6.27. The predicted molar refractivity (Wildman–Crippen MR) is 107 cm³/mol. The van der Waals surface area contributed by atoms with E-state index in [1.54, 1.807) is 12.2 Å². The molecule has 0 spiro atoms. The summed E-state index contributed by atoms with van der Waals surface area (Å²) in [5.74, 6) is 2.05. The number of piperidine rings is 1. The Kier molecular flexibility index (Phi) is 8.19. The molecule has 1 N–H and O–H groups in total. The fourth-order valence-electron chi connectivity index (χ4n) is 2.60. The van der Waals surface area contributed by atoms with Crippen LogP contribution in [0.4, 0.5) is 0 Å². The van der Waals surface area contributed by atoms with Gasteiger partial charge in [0, 0.05) is 11.6 Å². The van der Waals surface area contributed by atoms with Crippen LogP contribution in [0.25, 0.3) is 0 Å². The maximum absolute atomic E-state index is 5.93. The third-order valence-electron chi connectivity index (χ3n) is 4.11. The van der Waals surface area contributed by atoms with Crippen molar-refractivity contribution >= 4 is 0 Å². The fraction of sp³-hybridized carbons (Fsp3) is 0.364. The van der Waals surface area contributed by atoms with E-state index in [-0.39, 0.29) is 0 Å². The highest BCUT2D eigenvalue weighted by molar-refractivity contribution is 5.43. The molecule has 0 bridgehead atoms. The van der Waals surface area contributed by atoms with Crippen LogP contribution in [0.15, 0.2) is 73.1 Å². The lowest BCUT2D eigenvalue weighted by atomic mass is 10.1. The summed E-state index contributed by atoms with van der Waals surface area (Å²) < 4.78 is 17.6. The van der Waals surface area contributed by atoms with Crippen molar-refractivity contribution in [2.75, 3.05) is 26.3 Å². The van der Waals surface area contributed by atoms with E-state index < -0.39 is 0 Å². The lowest BCUT2D eigenvalue weighted by Gasteiger charge is -2.22. The zero-order valence-corrected chi connectivity index (χ0v) is 15.6. The first-order valence-electron chi connectivity index (χ1n) is 9.01. The molecule has 1 aromatic rings. The smallest absolute Gasteiger partial charge is 0.134 e. The minimum atomic E-state index is 0.342. The van der Waals surface area contributed by atoms with E-state index in [1.807, 2.05) is 31.2 Å². The van der Waals surface area contributed by atoms with Gasteiger partial charge in [-0.25, -0.2) is 0 Å². The molecule has 4 heteroatoms. The van der Waals surface area contributed by atoms with Crippen LogP contribution in [0, 0.1) is 0 Å². The van der Waals surface area contributed by atoms with Gasteiger partial charge in [0.1, 0.15) is 23.9 Å². The maximum Gasteiger partial charge on any atom is 0.134 e. The van der Waals surface area contributed by atoms with E-state index in [0.717, 1.165) is 42.8 Å². The van der Waals surface area contributed by atoms with Crippen molar-refractivity contribution in [1.29, 1.82) is 0 Å². The number of rotatable bonds is 10. The maximum atomic E-state index is 5.93. The molecule has 1 aromatic carbocycles. The number of hydrogen-bond donors (Lipinski definition) is 1. The quantitative estimate of drug-likeness (QED) is 0.383. The summed E-state index contributed by atoms with van der Waals surface area (Å²) >= 11 is 0. The Hall–Kier alpha value is -2.30. The molecule has 1 aliphatic heterocycles. The van der Waals surface area contributed by atoms with Gasteiger partial charge in [0.2, 0.25) is 0 Å². The Balaban J connectivity index is 1.86. The van der Waals surface area contributed by atoms with Crippen LogP contribution in [0.1, 0.15) is 19.8 Å². The van der Waals surface area contributed by atoms with Crippen molar-refractivity contribution < 1.29 is 14.2 Å². The van der Waals surface area contributed by atoms with E-state index >= 15 is 0 Å². The third kappa shape index (κ3) is 6.54. The van der Waals surface area contributed by atoms with Crippen molar-refractivity contribution in [2.45, 2.75) is 25.9 Å². The summed E-state index contributed by atoms with van der Waals surface area (Å²) in [7, 11) is 0. The molecule has 1 saturated heterocycles. The minimum Gasteiger partial charge on any atom is -0.491 e. The van der Waals surface area contributed by atoms with Gasteiger partial charge in [-0.1, -0.05) is 31.9 Å². The topological polar surface area (TPSA) is 39.7 Å². The average molecular weight is 355 g/mol. The van der Waals surface area contributed by atoms with Crippen molar-refractivity contribution in [3.05, 3.63) is 73.1 Å². The monoisotopic (exact) mass is 355 g/mol. The summed E-state index contributed by atoms with van der Waals surface area (Å²) in [5, 5.41) is 3.33. The molecule has 26 heavy (non-hydrogen) atoms. The molecular weight excluding hydrogens is 326 g/mol. The summed E-state index contributed by atoms with van der Waals surface area (Å²) in [5.41, 5.74) is 1.59. The van der Waals surface area contributed by atoms with Gasteiger partial charge in [0.05, 0.1) is 12.7 Å². The molecule has 0 amide bonds. The molecule has 0 saturated carbocycles. The Labute approximate surface area is 156 Å². The minimum absolute atomic E-state index is 0.342. The van der Waals surface area contributed by atoms with Gasteiger partial charge in [-0.2, -0.15) is 0 Å². The highest BCUT2D eigenvalue weighted by Gasteiger charge is 2.13. The Morgan fingerprint density at radius 2 is 1.92 bits per heavy atom. The Morgan fingerprint density at radius 1 is 1.19 bits per heavy atom. The van der Waals surface area contributed by atoms with Crippen LogP contribution in [-0.2, 0) is 4.74 Å². The number of nitrogens with one attached hydrogen (secondary N) is 1. The Bertz CT molecular complexity index is 657. The fourth-order valence-corrected chi connectivity index (χ4v) is 2.60. The predicted octanol–water partition coefficient (Wildman–Crippen LogP) is 4.42. The molecule has 4 nitrogen and oxygen atoms in total. The SMILES string of the molecule is C=C/C=C(/Oc1cccc(OCCOC2CCNCC2)c1)C(=C)C(=C)C. The first-order valence-corrected chi connectivity index (χ1v) is 9.01. The average Bonchev–Trinajstić information content (AvgIpc) is 2.65. The lowest BCUT2D eigenvalue weighted by molar-refractivity contribution is 0.0168. The highest BCUT2D eigenvalue weighted by atomic mass is 16.5. The molecule has 1 fully saturated rings. The molecule has 0 unspecified atom stereocenters. The van der Waals surface area contributed by atoms with Crippen molar-refractivity contribution in [3.63, 3.8) is 0 Å². The largest absolute Gasteiger partial charge is 0.491 e. The zero-order valence-electron chi connectivity index (χ0n) is 15.6. The van der Waals surface area contributed by atoms with Gasteiger partial charge in [-0.3, -0.25) is 0 Å². The van der Waals surface area contributed by atoms with Crippen LogP contribution in [0.2, 0.25) is 0 Å². The van der Waals surface area contributed by atoms with Crippen molar-refractivity contribution in [2.24, 2.45) is 0 Å². The summed E-state index contributed by atoms with van der Waals surface area (Å²) in [4.78, 5) is 0. The van der Waals surface area contributed by atoms with Crippen LogP contribution < -0.4 is 14.8 Å². The van der Waals surface area contributed by atoms with E-state index in [9.17, 15) is 0 Å². The molecule has 1 heterocycles. The van der Waals surface area contributed by atoms with E-state index in [1.165, 1.54) is 0 Å². The standard InChI is InChI=1S/C22H29NO3/c1-5-7-22(18(4)17(2)3)26-21-9-6-8-20(16-21)25-15-14-24-19-10-12-23-13-11-19/h5-9,16,19,23H,1-2,4,10-15H2,3H3/b22-7+. The molecule has 0 aliphatic carbocycles. The van der Waals surface area contributed by atoms with Crippen molar-refractivity contribution in [3.8, 4) is 11.5 Å². The first-order chi connectivity index (χ1) is 12.6. The molecule has 0 radical (unpaired) electrons. The Morgan fingerprint density at radius 3 is 2.62 bits per heavy atom. The van der Waals surface area contributed by atoms with Gasteiger partial charge in [-0.05, 0) is 56.6 Å². The summed E-state index contributed by atoms with van der Waals surface area (Å²) in [6, 6.07) is 7.53. The number of hydrogen-bond acceptors (Lipinski definition) is 4. The van der Waals surface area contributed by atoms with Gasteiger partial charge in [-0.15, -0.1) is 0 Å². The number of allylic oxidation sites excluding steroid dienone is 3. The zero-order chi connectivity index (χ0) is 18.8. The molecule has 0 aromatic heterocycles. The van der Waals surface area contributed by atoms with Crippen LogP contribution >= 0.6 is 0 Å². The van der Waals surface area contributed by atoms with E-state index in [4.69, 9.17) is 14.2 Å².